The quantitative estimate of drug-likeness (QED) is 0.830. The van der Waals surface area contributed by atoms with Gasteiger partial charge >= 0.3 is 0 Å². The van der Waals surface area contributed by atoms with Crippen LogP contribution in [0.4, 0.5) is 0 Å². The molecule has 1 saturated heterocycles. The zero-order valence-electron chi connectivity index (χ0n) is 11.4. The first-order chi connectivity index (χ1) is 9.70. The zero-order valence-corrected chi connectivity index (χ0v) is 13.8. The van der Waals surface area contributed by atoms with E-state index >= 15 is 0 Å². The summed E-state index contributed by atoms with van der Waals surface area (Å²) < 4.78 is 48.4. The summed E-state index contributed by atoms with van der Waals surface area (Å²) in [5.41, 5.74) is 0.704. The predicted octanol–water partition coefficient (Wildman–Crippen LogP) is 1.76. The second-order valence-corrected chi connectivity index (χ2v) is 9.52. The number of rotatable bonds is 4. The molecule has 8 heteroatoms. The van der Waals surface area contributed by atoms with Gasteiger partial charge < -0.3 is 0 Å². The highest BCUT2D eigenvalue weighted by Crippen LogP contribution is 2.20. The van der Waals surface area contributed by atoms with Crippen molar-refractivity contribution in [3.05, 3.63) is 40.3 Å². The number of benzene rings is 1. The minimum absolute atomic E-state index is 0.0401. The minimum Gasteiger partial charge on any atom is -0.229 e. The summed E-state index contributed by atoms with van der Waals surface area (Å²) >= 11 is 5.76. The summed E-state index contributed by atoms with van der Waals surface area (Å²) in [6.07, 6.45) is 1.80. The number of nitrogens with zero attached hydrogens (tertiary/aromatic N) is 1. The van der Waals surface area contributed by atoms with Crippen molar-refractivity contribution in [3.8, 4) is 0 Å². The molecule has 0 aromatic heterocycles. The molecule has 0 bridgehead atoms. The fourth-order valence-electron chi connectivity index (χ4n) is 2.10. The van der Waals surface area contributed by atoms with E-state index in [1.54, 1.807) is 24.3 Å². The Morgan fingerprint density at radius 2 is 1.90 bits per heavy atom. The van der Waals surface area contributed by atoms with Crippen molar-refractivity contribution < 1.29 is 16.8 Å². The third kappa shape index (κ3) is 4.29. The van der Waals surface area contributed by atoms with E-state index in [-0.39, 0.29) is 11.5 Å². The maximum Gasteiger partial charge on any atom is 0.236 e. The lowest BCUT2D eigenvalue weighted by molar-refractivity contribution is 0.399. The van der Waals surface area contributed by atoms with Crippen LogP contribution in [-0.4, -0.2) is 45.7 Å². The SMILES string of the molecule is CN(C1CCS(=O)(=O)C1)S(=O)(=O)/C=C/c1ccc(Cl)cc1. The smallest absolute Gasteiger partial charge is 0.229 e. The van der Waals surface area contributed by atoms with E-state index in [0.29, 0.717) is 17.0 Å². The fraction of sp³-hybridized carbons (Fsp3) is 0.385. The molecule has 5 nitrogen and oxygen atoms in total. The molecule has 116 valence electrons. The van der Waals surface area contributed by atoms with Gasteiger partial charge in [0.25, 0.3) is 0 Å². The third-order valence-electron chi connectivity index (χ3n) is 3.43. The van der Waals surface area contributed by atoms with Crippen LogP contribution in [0.5, 0.6) is 0 Å². The Labute approximate surface area is 130 Å². The maximum atomic E-state index is 12.2. The van der Waals surface area contributed by atoms with Crippen molar-refractivity contribution in [2.24, 2.45) is 0 Å². The van der Waals surface area contributed by atoms with Crippen LogP contribution in [0, 0.1) is 0 Å². The molecule has 1 heterocycles. The second-order valence-electron chi connectivity index (χ2n) is 4.97. The Bertz CT molecular complexity index is 739. The summed E-state index contributed by atoms with van der Waals surface area (Å²) in [5.74, 6) is -0.0735. The highest BCUT2D eigenvalue weighted by molar-refractivity contribution is 7.93. The Morgan fingerprint density at radius 1 is 1.29 bits per heavy atom. The Morgan fingerprint density at radius 3 is 2.43 bits per heavy atom. The molecule has 1 unspecified atom stereocenters. The van der Waals surface area contributed by atoms with E-state index in [4.69, 9.17) is 11.6 Å². The van der Waals surface area contributed by atoms with Gasteiger partial charge in [0.1, 0.15) is 0 Å². The first-order valence-corrected chi connectivity index (χ1v) is 10.0. The van der Waals surface area contributed by atoms with Gasteiger partial charge in [-0.05, 0) is 30.2 Å². The monoisotopic (exact) mass is 349 g/mol. The molecule has 1 atom stereocenters. The third-order valence-corrected chi connectivity index (χ3v) is 7.01. The summed E-state index contributed by atoms with van der Waals surface area (Å²) in [6, 6.07) is 6.25. The van der Waals surface area contributed by atoms with Crippen molar-refractivity contribution in [2.75, 3.05) is 18.6 Å². The van der Waals surface area contributed by atoms with Crippen molar-refractivity contribution in [2.45, 2.75) is 12.5 Å². The summed E-state index contributed by atoms with van der Waals surface area (Å²) in [4.78, 5) is 0. The van der Waals surface area contributed by atoms with E-state index in [1.165, 1.54) is 13.1 Å². The number of hydrogen-bond acceptors (Lipinski definition) is 4. The number of sulfonamides is 1. The lowest BCUT2D eigenvalue weighted by Gasteiger charge is -2.20. The van der Waals surface area contributed by atoms with Gasteiger partial charge in [-0.3, -0.25) is 0 Å². The van der Waals surface area contributed by atoms with Crippen LogP contribution in [-0.2, 0) is 19.9 Å². The molecular weight excluding hydrogens is 334 g/mol. The van der Waals surface area contributed by atoms with E-state index in [2.05, 4.69) is 0 Å². The predicted molar refractivity (Wildman–Crippen MR) is 84.2 cm³/mol. The average Bonchev–Trinajstić information content (AvgIpc) is 2.77. The normalized spacial score (nSPS) is 22.1. The number of halogens is 1. The highest BCUT2D eigenvalue weighted by atomic mass is 35.5. The Balaban J connectivity index is 2.13. The van der Waals surface area contributed by atoms with Crippen LogP contribution in [0.15, 0.2) is 29.7 Å². The molecule has 1 aromatic rings. The first-order valence-electron chi connectivity index (χ1n) is 6.32. The van der Waals surface area contributed by atoms with Crippen LogP contribution in [0.1, 0.15) is 12.0 Å². The van der Waals surface area contributed by atoms with Gasteiger partial charge in [-0.1, -0.05) is 23.7 Å². The van der Waals surface area contributed by atoms with Crippen molar-refractivity contribution >= 4 is 37.5 Å². The van der Waals surface area contributed by atoms with Crippen molar-refractivity contribution in [1.82, 2.24) is 4.31 Å². The van der Waals surface area contributed by atoms with Gasteiger partial charge in [0.15, 0.2) is 9.84 Å². The molecule has 0 spiro atoms. The van der Waals surface area contributed by atoms with Crippen LogP contribution in [0.3, 0.4) is 0 Å². The van der Waals surface area contributed by atoms with Gasteiger partial charge in [0, 0.05) is 23.5 Å². The first kappa shape index (κ1) is 16.5. The summed E-state index contributed by atoms with van der Waals surface area (Å²) in [6.45, 7) is 0. The molecular formula is C13H16ClNO4S2. The fourth-order valence-corrected chi connectivity index (χ4v) is 5.22. The number of hydrogen-bond donors (Lipinski definition) is 0. The van der Waals surface area contributed by atoms with Crippen LogP contribution < -0.4 is 0 Å². The molecule has 0 radical (unpaired) electrons. The van der Waals surface area contributed by atoms with Gasteiger partial charge in [0.05, 0.1) is 11.5 Å². The molecule has 1 aliphatic heterocycles. The maximum absolute atomic E-state index is 12.2. The topological polar surface area (TPSA) is 71.5 Å². The number of sulfone groups is 1. The van der Waals surface area contributed by atoms with Crippen molar-refractivity contribution in [1.29, 1.82) is 0 Å². The molecule has 1 aromatic carbocycles. The molecule has 1 fully saturated rings. The van der Waals surface area contributed by atoms with Gasteiger partial charge in [-0.2, -0.15) is 4.31 Å². The molecule has 2 rings (SSSR count). The molecule has 21 heavy (non-hydrogen) atoms. The van der Waals surface area contributed by atoms with Gasteiger partial charge in [-0.25, -0.2) is 16.8 Å². The average molecular weight is 350 g/mol. The minimum atomic E-state index is -3.65. The molecule has 1 aliphatic rings. The molecule has 0 aliphatic carbocycles. The van der Waals surface area contributed by atoms with Crippen LogP contribution in [0.25, 0.3) is 6.08 Å². The van der Waals surface area contributed by atoms with Crippen LogP contribution >= 0.6 is 11.6 Å². The van der Waals surface area contributed by atoms with E-state index < -0.39 is 25.9 Å². The molecule has 0 amide bonds. The second kappa shape index (κ2) is 6.08. The molecule has 0 saturated carbocycles. The van der Waals surface area contributed by atoms with Crippen LogP contribution in [0.2, 0.25) is 5.02 Å². The lowest BCUT2D eigenvalue weighted by Crippen LogP contribution is -2.36. The van der Waals surface area contributed by atoms with E-state index in [0.717, 1.165) is 9.71 Å². The zero-order chi connectivity index (χ0) is 15.7. The van der Waals surface area contributed by atoms with Gasteiger partial charge in [-0.15, -0.1) is 0 Å². The Hall–Kier alpha value is -0.890. The summed E-state index contributed by atoms with van der Waals surface area (Å²) in [5, 5.41) is 1.66. The highest BCUT2D eigenvalue weighted by Gasteiger charge is 2.34. The largest absolute Gasteiger partial charge is 0.236 e. The lowest BCUT2D eigenvalue weighted by atomic mass is 10.2. The summed E-state index contributed by atoms with van der Waals surface area (Å²) in [7, 11) is -5.35. The van der Waals surface area contributed by atoms with E-state index in [9.17, 15) is 16.8 Å². The van der Waals surface area contributed by atoms with Crippen molar-refractivity contribution in [3.63, 3.8) is 0 Å². The van der Waals surface area contributed by atoms with E-state index in [1.807, 2.05) is 0 Å². The van der Waals surface area contributed by atoms with Gasteiger partial charge in [0.2, 0.25) is 10.0 Å². The molecule has 0 N–H and O–H groups in total. The Kier molecular flexibility index (Phi) is 4.77. The standard InChI is InChI=1S/C13H16ClNO4S2/c1-15(13-7-8-20(16,17)10-13)21(18,19)9-6-11-2-4-12(14)5-3-11/h2-6,9,13H,7-8,10H2,1H3/b9-6+.